The Morgan fingerprint density at radius 3 is 2.52 bits per heavy atom. The summed E-state index contributed by atoms with van der Waals surface area (Å²) in [5, 5.41) is 4.44. The first-order valence-electron chi connectivity index (χ1n) is 10.5. The molecule has 1 atom stereocenters. The number of fused-ring (bicyclic) bond motifs is 1. The molecule has 0 spiro atoms. The predicted molar refractivity (Wildman–Crippen MR) is 127 cm³/mol. The van der Waals surface area contributed by atoms with Gasteiger partial charge in [0.1, 0.15) is 0 Å². The number of carbonyl (C=O) groups is 2. The topological polar surface area (TPSA) is 49.4 Å². The lowest BCUT2D eigenvalue weighted by atomic mass is 9.73. The predicted octanol–water partition coefficient (Wildman–Crippen LogP) is 6.79. The summed E-state index contributed by atoms with van der Waals surface area (Å²) in [5.74, 6) is -0.306. The molecule has 0 unspecified atom stereocenters. The smallest absolute Gasteiger partial charge is 0.230 e. The van der Waals surface area contributed by atoms with Crippen molar-refractivity contribution in [1.82, 2.24) is 0 Å². The summed E-state index contributed by atoms with van der Waals surface area (Å²) in [4.78, 5) is 28.9. The SMILES string of the molecule is CC(C)C(=O)N1c2ccccc2NC2=C(C(=O)CC(C)(C)C2)[C@H]1c1ccc(Cl)cc1Cl. The number of anilines is 2. The summed E-state index contributed by atoms with van der Waals surface area (Å²) in [6, 6.07) is 12.3. The second-order valence-corrected chi connectivity index (χ2v) is 10.3. The highest BCUT2D eigenvalue weighted by Crippen LogP contribution is 2.49. The molecule has 162 valence electrons. The first-order chi connectivity index (χ1) is 14.6. The third kappa shape index (κ3) is 3.99. The fraction of sp³-hybridized carbons (Fsp3) is 0.360. The fourth-order valence-electron chi connectivity index (χ4n) is 4.53. The molecule has 0 bridgehead atoms. The van der Waals surface area contributed by atoms with Crippen molar-refractivity contribution in [1.29, 1.82) is 0 Å². The van der Waals surface area contributed by atoms with Gasteiger partial charge in [0.15, 0.2) is 5.78 Å². The van der Waals surface area contributed by atoms with E-state index in [2.05, 4.69) is 19.2 Å². The van der Waals surface area contributed by atoms with Gasteiger partial charge in [-0.1, -0.05) is 69.1 Å². The number of nitrogens with zero attached hydrogens (tertiary/aromatic N) is 1. The van der Waals surface area contributed by atoms with Crippen LogP contribution in [0, 0.1) is 11.3 Å². The summed E-state index contributed by atoms with van der Waals surface area (Å²) in [7, 11) is 0. The number of hydrogen-bond donors (Lipinski definition) is 1. The quantitative estimate of drug-likeness (QED) is 0.540. The van der Waals surface area contributed by atoms with E-state index in [4.69, 9.17) is 23.2 Å². The van der Waals surface area contributed by atoms with E-state index in [9.17, 15) is 9.59 Å². The van der Waals surface area contributed by atoms with Gasteiger partial charge in [-0.2, -0.15) is 0 Å². The highest BCUT2D eigenvalue weighted by molar-refractivity contribution is 6.35. The van der Waals surface area contributed by atoms with E-state index in [0.717, 1.165) is 17.1 Å². The maximum absolute atomic E-state index is 13.6. The van der Waals surface area contributed by atoms with Gasteiger partial charge in [0.2, 0.25) is 5.91 Å². The van der Waals surface area contributed by atoms with Gasteiger partial charge in [-0.05, 0) is 41.7 Å². The highest BCUT2D eigenvalue weighted by atomic mass is 35.5. The van der Waals surface area contributed by atoms with E-state index in [1.165, 1.54) is 0 Å². The molecule has 1 aliphatic carbocycles. The van der Waals surface area contributed by atoms with Crippen molar-refractivity contribution in [2.45, 2.75) is 46.6 Å². The molecule has 6 heteroatoms. The van der Waals surface area contributed by atoms with Crippen molar-refractivity contribution < 1.29 is 9.59 Å². The minimum absolute atomic E-state index is 0.0316. The van der Waals surface area contributed by atoms with Gasteiger partial charge in [0.05, 0.1) is 17.4 Å². The van der Waals surface area contributed by atoms with E-state index in [0.29, 0.717) is 34.0 Å². The van der Waals surface area contributed by atoms with E-state index in [1.54, 1.807) is 17.0 Å². The van der Waals surface area contributed by atoms with Gasteiger partial charge in [0.25, 0.3) is 0 Å². The number of carbonyl (C=O) groups excluding carboxylic acids is 2. The highest BCUT2D eigenvalue weighted by Gasteiger charge is 2.44. The van der Waals surface area contributed by atoms with Gasteiger partial charge >= 0.3 is 0 Å². The van der Waals surface area contributed by atoms with Crippen LogP contribution in [-0.2, 0) is 9.59 Å². The number of nitrogens with one attached hydrogen (secondary N) is 1. The monoisotopic (exact) mass is 456 g/mol. The Bertz CT molecular complexity index is 1100. The molecule has 1 amide bonds. The molecule has 4 rings (SSSR count). The number of amides is 1. The lowest BCUT2D eigenvalue weighted by molar-refractivity contribution is -0.122. The Labute approximate surface area is 193 Å². The number of para-hydroxylation sites is 2. The summed E-state index contributed by atoms with van der Waals surface area (Å²) in [6.07, 6.45) is 1.11. The second kappa shape index (κ2) is 7.99. The van der Waals surface area contributed by atoms with Crippen LogP contribution in [0.4, 0.5) is 11.4 Å². The van der Waals surface area contributed by atoms with Crippen LogP contribution in [-0.4, -0.2) is 11.7 Å². The van der Waals surface area contributed by atoms with Crippen molar-refractivity contribution >= 4 is 46.3 Å². The zero-order valence-corrected chi connectivity index (χ0v) is 19.6. The van der Waals surface area contributed by atoms with Gasteiger partial charge in [-0.25, -0.2) is 0 Å². The van der Waals surface area contributed by atoms with Crippen LogP contribution in [0.2, 0.25) is 10.0 Å². The van der Waals surface area contributed by atoms with Crippen molar-refractivity contribution in [3.05, 3.63) is 69.3 Å². The summed E-state index contributed by atoms with van der Waals surface area (Å²) in [6.45, 7) is 7.92. The van der Waals surface area contributed by atoms with Crippen LogP contribution >= 0.6 is 23.2 Å². The molecule has 1 aliphatic heterocycles. The first-order valence-corrected chi connectivity index (χ1v) is 11.2. The van der Waals surface area contributed by atoms with E-state index < -0.39 is 6.04 Å². The molecule has 0 aromatic heterocycles. The third-order valence-electron chi connectivity index (χ3n) is 5.89. The average Bonchev–Trinajstić information content (AvgIpc) is 2.80. The minimum atomic E-state index is -0.630. The minimum Gasteiger partial charge on any atom is -0.357 e. The number of hydrogen-bond acceptors (Lipinski definition) is 3. The molecule has 1 N–H and O–H groups in total. The molecule has 0 saturated carbocycles. The van der Waals surface area contributed by atoms with Crippen LogP contribution in [0.1, 0.15) is 52.1 Å². The van der Waals surface area contributed by atoms with E-state index >= 15 is 0 Å². The maximum atomic E-state index is 13.6. The molecule has 4 nitrogen and oxygen atoms in total. The Balaban J connectivity index is 2.05. The van der Waals surface area contributed by atoms with Crippen molar-refractivity contribution in [2.24, 2.45) is 11.3 Å². The van der Waals surface area contributed by atoms with Gasteiger partial charge in [-0.15, -0.1) is 0 Å². The number of ketones is 1. The standard InChI is InChI=1S/C25H26Cl2N2O2/c1-14(2)24(31)29-20-8-6-5-7-18(20)28-19-12-25(3,4)13-21(30)22(19)23(29)16-10-9-15(26)11-17(16)27/h5-11,14,23,28H,12-13H2,1-4H3/t23-/m1/s1. The Hall–Kier alpha value is -2.30. The number of Topliss-reactive ketones (excluding diaryl/α,β-unsaturated/α-hetero) is 1. The number of rotatable bonds is 2. The van der Waals surface area contributed by atoms with Crippen molar-refractivity contribution in [2.75, 3.05) is 10.2 Å². The van der Waals surface area contributed by atoms with Crippen LogP contribution in [0.25, 0.3) is 0 Å². The fourth-order valence-corrected chi connectivity index (χ4v) is 5.04. The molecule has 2 aliphatic rings. The molecule has 2 aromatic carbocycles. The maximum Gasteiger partial charge on any atom is 0.230 e. The Morgan fingerprint density at radius 2 is 1.84 bits per heavy atom. The lowest BCUT2D eigenvalue weighted by Gasteiger charge is -2.38. The van der Waals surface area contributed by atoms with Gasteiger partial charge in [-0.3, -0.25) is 14.5 Å². The van der Waals surface area contributed by atoms with Crippen LogP contribution in [0.15, 0.2) is 53.7 Å². The lowest BCUT2D eigenvalue weighted by Crippen LogP contribution is -2.41. The molecular weight excluding hydrogens is 431 g/mol. The molecule has 0 saturated heterocycles. The average molecular weight is 457 g/mol. The molecule has 0 fully saturated rings. The zero-order valence-electron chi connectivity index (χ0n) is 18.1. The molecule has 31 heavy (non-hydrogen) atoms. The van der Waals surface area contributed by atoms with Crippen LogP contribution in [0.3, 0.4) is 0 Å². The number of halogens is 2. The number of benzene rings is 2. The first kappa shape index (κ1) is 21.9. The van der Waals surface area contributed by atoms with Gasteiger partial charge in [0, 0.05) is 33.7 Å². The summed E-state index contributed by atoms with van der Waals surface area (Å²) < 4.78 is 0. The Morgan fingerprint density at radius 1 is 1.13 bits per heavy atom. The largest absolute Gasteiger partial charge is 0.357 e. The normalized spacial score (nSPS) is 20.2. The van der Waals surface area contributed by atoms with Crippen LogP contribution in [0.5, 0.6) is 0 Å². The van der Waals surface area contributed by atoms with E-state index in [-0.39, 0.29) is 23.0 Å². The molecule has 1 heterocycles. The van der Waals surface area contributed by atoms with Crippen LogP contribution < -0.4 is 10.2 Å². The summed E-state index contributed by atoms with van der Waals surface area (Å²) in [5.41, 5.74) is 3.51. The number of allylic oxidation sites excluding steroid dienone is 1. The second-order valence-electron chi connectivity index (χ2n) is 9.41. The molecular formula is C25H26Cl2N2O2. The zero-order chi connectivity index (χ0) is 22.5. The van der Waals surface area contributed by atoms with Crippen molar-refractivity contribution in [3.63, 3.8) is 0 Å². The van der Waals surface area contributed by atoms with E-state index in [1.807, 2.05) is 44.2 Å². The molecule has 0 radical (unpaired) electrons. The Kier molecular flexibility index (Phi) is 5.65. The third-order valence-corrected chi connectivity index (χ3v) is 6.45. The van der Waals surface area contributed by atoms with Crippen molar-refractivity contribution in [3.8, 4) is 0 Å². The summed E-state index contributed by atoms with van der Waals surface area (Å²) >= 11 is 12.8. The molecule has 2 aromatic rings. The van der Waals surface area contributed by atoms with Gasteiger partial charge < -0.3 is 5.32 Å².